The van der Waals surface area contributed by atoms with E-state index in [0.29, 0.717) is 0 Å². The molecular weight excluding hydrogens is 513 g/mol. The van der Waals surface area contributed by atoms with Gasteiger partial charge in [-0.1, -0.05) is 0 Å². The quantitative estimate of drug-likeness (QED) is 0.272. The molecule has 0 aromatic heterocycles. The largest absolute Gasteiger partial charge is 0.437 e. The molecule has 4 radical (unpaired) electrons. The summed E-state index contributed by atoms with van der Waals surface area (Å²) >= 11 is 0. The Morgan fingerprint density at radius 2 is 0.733 bits per heavy atom. The summed E-state index contributed by atoms with van der Waals surface area (Å²) in [6.45, 7) is 34.0. The van der Waals surface area contributed by atoms with Crippen LogP contribution in [0.25, 0.3) is 0 Å². The van der Waals surface area contributed by atoms with Crippen molar-refractivity contribution in [2.24, 2.45) is 0 Å². The third kappa shape index (κ3) is 16.8. The Hall–Kier alpha value is 1.24. The van der Waals surface area contributed by atoms with E-state index in [-0.39, 0.29) is 19.5 Å². The summed E-state index contributed by atoms with van der Waals surface area (Å²) in [6.07, 6.45) is 0. The van der Waals surface area contributed by atoms with E-state index in [0.717, 1.165) is 4.82 Å². The second-order valence-corrected chi connectivity index (χ2v) is 37.8. The van der Waals surface area contributed by atoms with Crippen LogP contribution in [0.15, 0.2) is 11.4 Å². The van der Waals surface area contributed by atoms with Gasteiger partial charge in [-0.05, 0) is 96.5 Å². The lowest BCUT2D eigenvalue weighted by Gasteiger charge is -2.37. The summed E-state index contributed by atoms with van der Waals surface area (Å²) in [7, 11) is -12.0. The average molecular weight is 557 g/mol. The molecule has 0 N–H and O–H groups in total. The lowest BCUT2D eigenvalue weighted by molar-refractivity contribution is 0.339. The van der Waals surface area contributed by atoms with Gasteiger partial charge in [0.1, 0.15) is 0 Å². The first-order valence-corrected chi connectivity index (χ1v) is 30.2. The summed E-state index contributed by atoms with van der Waals surface area (Å²) in [5.74, 6) is 0. The molecule has 0 heterocycles. The van der Waals surface area contributed by atoms with E-state index >= 15 is 0 Å². The fourth-order valence-corrected chi connectivity index (χ4v) is 30.6. The lowest BCUT2D eigenvalue weighted by Crippen LogP contribution is -2.53. The van der Waals surface area contributed by atoms with Gasteiger partial charge in [0.25, 0.3) is 19.5 Å². The fourth-order valence-electron chi connectivity index (χ4n) is 3.13. The van der Waals surface area contributed by atoms with E-state index in [1.54, 1.807) is 0 Å². The lowest BCUT2D eigenvalue weighted by atomic mass is 11.2. The Labute approximate surface area is 197 Å². The Morgan fingerprint density at radius 1 is 0.467 bits per heavy atom. The molecule has 0 rings (SSSR count). The molecule has 0 saturated heterocycles. The molecule has 176 valence electrons. The van der Waals surface area contributed by atoms with Crippen LogP contribution in [0.2, 0.25) is 91.7 Å². The van der Waals surface area contributed by atoms with E-state index in [1.165, 1.54) is 0 Å². The average Bonchev–Trinajstić information content (AvgIpc) is 2.34. The normalized spacial score (nSPS) is 14.9. The van der Waals surface area contributed by atoms with Crippen LogP contribution >= 0.6 is 0 Å². The highest BCUT2D eigenvalue weighted by Crippen LogP contribution is 2.22. The summed E-state index contributed by atoms with van der Waals surface area (Å²) in [5, 5.41) is 0. The maximum atomic E-state index is 6.38. The first kappa shape index (κ1) is 31.2. The van der Waals surface area contributed by atoms with Crippen molar-refractivity contribution in [2.75, 3.05) is 0 Å². The number of rotatable bonds is 14. The smallest absolute Gasteiger partial charge is 0.312 e. The highest BCUT2D eigenvalue weighted by molar-refractivity contribution is 6.88. The highest BCUT2D eigenvalue weighted by atomic mass is 28.5. The molecule has 0 aliphatic heterocycles. The Morgan fingerprint density at radius 3 is 0.967 bits per heavy atom. The Kier molecular flexibility index (Phi) is 11.6. The second kappa shape index (κ2) is 11.1. The number of hydrogen-bond acceptors (Lipinski definition) is 6. The predicted octanol–water partition coefficient (Wildman–Crippen LogP) is 5.27. The third-order valence-corrected chi connectivity index (χ3v) is 25.5. The van der Waals surface area contributed by atoms with E-state index in [1.807, 2.05) is 0 Å². The van der Waals surface area contributed by atoms with Crippen molar-refractivity contribution >= 4 is 70.4 Å². The molecule has 6 nitrogen and oxygen atoms in total. The fraction of sp³-hybridized carbons (Fsp3) is 0.875. The molecule has 0 aromatic rings. The van der Waals surface area contributed by atoms with Crippen LogP contribution in [0, 0.1) is 0 Å². The number of hydrogen-bond donors (Lipinski definition) is 0. The molecule has 0 atom stereocenters. The molecular formula is C16H44O6Si8. The van der Waals surface area contributed by atoms with Crippen molar-refractivity contribution in [1.29, 1.82) is 0 Å². The minimum atomic E-state index is -2.31. The minimum absolute atomic E-state index is 0.158. The van der Waals surface area contributed by atoms with Gasteiger partial charge in [-0.2, -0.15) is 0 Å². The van der Waals surface area contributed by atoms with Gasteiger partial charge in [0.15, 0.2) is 16.6 Å². The van der Waals surface area contributed by atoms with Crippen molar-refractivity contribution < 1.29 is 24.7 Å². The van der Waals surface area contributed by atoms with Crippen LogP contribution < -0.4 is 0 Å². The van der Waals surface area contributed by atoms with Crippen LogP contribution in [0.3, 0.4) is 0 Å². The van der Waals surface area contributed by atoms with Gasteiger partial charge in [0.2, 0.25) is 0 Å². The Balaban J connectivity index is 4.63. The van der Waals surface area contributed by atoms with Crippen molar-refractivity contribution in [3.05, 3.63) is 11.4 Å². The van der Waals surface area contributed by atoms with Crippen LogP contribution in [0.5, 0.6) is 0 Å². The molecule has 0 spiro atoms. The van der Waals surface area contributed by atoms with Gasteiger partial charge in [0.05, 0.1) is 0 Å². The zero-order valence-corrected chi connectivity index (χ0v) is 29.7. The zero-order valence-electron chi connectivity index (χ0n) is 21.7. The van der Waals surface area contributed by atoms with Gasteiger partial charge in [0, 0.05) is 0 Å². The van der Waals surface area contributed by atoms with Gasteiger partial charge in [-0.15, -0.1) is 6.58 Å². The monoisotopic (exact) mass is 556 g/mol. The predicted molar refractivity (Wildman–Crippen MR) is 144 cm³/mol. The molecule has 14 heteroatoms. The molecule has 0 fully saturated rings. The van der Waals surface area contributed by atoms with Crippen molar-refractivity contribution in [3.63, 3.8) is 0 Å². The molecule has 0 aromatic carbocycles. The van der Waals surface area contributed by atoms with Crippen molar-refractivity contribution in [2.45, 2.75) is 91.7 Å². The topological polar surface area (TPSA) is 55.4 Å². The minimum Gasteiger partial charge on any atom is -0.437 e. The van der Waals surface area contributed by atoms with Crippen molar-refractivity contribution in [3.8, 4) is 0 Å². The molecule has 0 aliphatic carbocycles. The van der Waals surface area contributed by atoms with Crippen LogP contribution in [-0.4, -0.2) is 70.4 Å². The third-order valence-electron chi connectivity index (χ3n) is 2.93. The SMILES string of the molecule is C=C([Si]O[Si](C)(C)O[Si](C)(C)O[Si](C)(C)C)[Si]O[Si](C)(C)O[Si](C)(C)O[Si](C)(C)C. The first-order valence-electron chi connectivity index (χ1n) is 10.3. The molecule has 0 saturated carbocycles. The van der Waals surface area contributed by atoms with Crippen LogP contribution in [-0.2, 0) is 24.7 Å². The maximum Gasteiger partial charge on any atom is 0.312 e. The summed E-state index contributed by atoms with van der Waals surface area (Å²) < 4.78 is 37.7. The summed E-state index contributed by atoms with van der Waals surface area (Å²) in [4.78, 5) is 0.944. The van der Waals surface area contributed by atoms with E-state index < -0.39 is 50.9 Å². The molecule has 30 heavy (non-hydrogen) atoms. The molecule has 0 bridgehead atoms. The van der Waals surface area contributed by atoms with E-state index in [2.05, 4.69) is 98.2 Å². The second-order valence-electron chi connectivity index (χ2n) is 11.1. The molecule has 0 aliphatic rings. The van der Waals surface area contributed by atoms with Gasteiger partial charge >= 0.3 is 34.2 Å². The zero-order chi connectivity index (χ0) is 24.2. The van der Waals surface area contributed by atoms with E-state index in [9.17, 15) is 0 Å². The summed E-state index contributed by atoms with van der Waals surface area (Å²) in [6, 6.07) is 0. The van der Waals surface area contributed by atoms with Gasteiger partial charge in [-0.25, -0.2) is 0 Å². The molecule has 0 amide bonds. The van der Waals surface area contributed by atoms with Gasteiger partial charge in [-0.3, -0.25) is 0 Å². The van der Waals surface area contributed by atoms with E-state index in [4.69, 9.17) is 24.7 Å². The first-order chi connectivity index (χ1) is 12.9. The highest BCUT2D eigenvalue weighted by Gasteiger charge is 2.41. The Bertz CT molecular complexity index is 521. The van der Waals surface area contributed by atoms with Crippen LogP contribution in [0.1, 0.15) is 0 Å². The molecule has 0 unspecified atom stereocenters. The summed E-state index contributed by atoms with van der Waals surface area (Å²) in [5.41, 5.74) is 0. The maximum absolute atomic E-state index is 6.38. The van der Waals surface area contributed by atoms with Gasteiger partial charge < -0.3 is 24.7 Å². The van der Waals surface area contributed by atoms with Crippen LogP contribution in [0.4, 0.5) is 0 Å². The van der Waals surface area contributed by atoms with Crippen molar-refractivity contribution in [1.82, 2.24) is 0 Å². The standard InChI is InChI=1S/C16H44O6Si8/c1-16(23-17-27(8,9)21-29(12,13)19-25(2,3)4)24-18-28(10,11)22-30(14,15)20-26(5,6)7/h1H2,2-15H3.